The number of ether oxygens (including phenoxy) is 1. The summed E-state index contributed by atoms with van der Waals surface area (Å²) in [6, 6.07) is 5.15. The summed E-state index contributed by atoms with van der Waals surface area (Å²) in [4.78, 5) is 2.25. The van der Waals surface area contributed by atoms with E-state index in [0.29, 0.717) is 17.7 Å². The molecular weight excluding hydrogens is 267 g/mol. The third-order valence-electron chi connectivity index (χ3n) is 4.01. The Morgan fingerprint density at radius 3 is 2.95 bits per heavy atom. The molecule has 0 bridgehead atoms. The fourth-order valence-corrected chi connectivity index (χ4v) is 2.76. The Balaban J connectivity index is 2.06. The minimum atomic E-state index is -0.205. The zero-order valence-electron chi connectivity index (χ0n) is 12.8. The predicted molar refractivity (Wildman–Crippen MR) is 82.3 cm³/mol. The molecule has 114 valence electrons. The van der Waals surface area contributed by atoms with E-state index in [-0.39, 0.29) is 18.0 Å². The topological polar surface area (TPSA) is 38.5 Å². The minimum Gasteiger partial charge on any atom is -0.377 e. The number of nitrogens with zero attached hydrogens (tertiary/aromatic N) is 1. The van der Waals surface area contributed by atoms with Gasteiger partial charge in [0.2, 0.25) is 0 Å². The summed E-state index contributed by atoms with van der Waals surface area (Å²) in [6.45, 7) is 4.81. The van der Waals surface area contributed by atoms with Crippen LogP contribution in [0.3, 0.4) is 0 Å². The minimum absolute atomic E-state index is 0.124. The van der Waals surface area contributed by atoms with Crippen LogP contribution < -0.4 is 5.73 Å². The van der Waals surface area contributed by atoms with E-state index in [1.165, 1.54) is 6.07 Å². The van der Waals surface area contributed by atoms with Crippen LogP contribution in [0.5, 0.6) is 0 Å². The van der Waals surface area contributed by atoms with E-state index in [1.54, 1.807) is 7.11 Å². The molecule has 0 aliphatic carbocycles. The van der Waals surface area contributed by atoms with Crippen LogP contribution in [0.2, 0.25) is 0 Å². The summed E-state index contributed by atoms with van der Waals surface area (Å²) in [5, 5.41) is 0. The summed E-state index contributed by atoms with van der Waals surface area (Å²) in [6.07, 6.45) is 2.13. The van der Waals surface area contributed by atoms with E-state index in [9.17, 15) is 4.39 Å². The molecule has 1 heterocycles. The van der Waals surface area contributed by atoms with Crippen LogP contribution in [0.15, 0.2) is 18.2 Å². The second-order valence-electron chi connectivity index (χ2n) is 5.78. The number of hydrogen-bond donors (Lipinski definition) is 1. The van der Waals surface area contributed by atoms with Crippen molar-refractivity contribution < 1.29 is 9.13 Å². The highest BCUT2D eigenvalue weighted by Gasteiger charge is 2.30. The van der Waals surface area contributed by atoms with Crippen molar-refractivity contribution in [2.24, 2.45) is 5.73 Å². The molecule has 1 fully saturated rings. The van der Waals surface area contributed by atoms with Gasteiger partial charge in [-0.1, -0.05) is 17.9 Å². The van der Waals surface area contributed by atoms with Crippen molar-refractivity contribution in [2.45, 2.75) is 31.9 Å². The maximum Gasteiger partial charge on any atom is 0.128 e. The lowest BCUT2D eigenvalue weighted by Gasteiger charge is -2.39. The normalized spacial score (nSPS) is 22.7. The zero-order chi connectivity index (χ0) is 15.3. The Morgan fingerprint density at radius 2 is 2.29 bits per heavy atom. The Morgan fingerprint density at radius 1 is 1.48 bits per heavy atom. The SMILES string of the molecule is COC1(C)CCCN(Cc2ccc(C#CCN)cc2F)C1. The third kappa shape index (κ3) is 4.28. The van der Waals surface area contributed by atoms with Crippen molar-refractivity contribution in [3.63, 3.8) is 0 Å². The van der Waals surface area contributed by atoms with Gasteiger partial charge in [-0.15, -0.1) is 0 Å². The highest BCUT2D eigenvalue weighted by atomic mass is 19.1. The molecule has 2 N–H and O–H groups in total. The molecule has 1 aromatic rings. The van der Waals surface area contributed by atoms with Crippen LogP contribution in [0.1, 0.15) is 30.9 Å². The molecule has 2 rings (SSSR count). The maximum atomic E-state index is 14.1. The summed E-state index contributed by atoms with van der Waals surface area (Å²) >= 11 is 0. The average Bonchev–Trinajstić information content (AvgIpc) is 2.48. The van der Waals surface area contributed by atoms with Crippen LogP contribution in [0, 0.1) is 17.7 Å². The fraction of sp³-hybridized carbons (Fsp3) is 0.529. The number of methoxy groups -OCH3 is 1. The van der Waals surface area contributed by atoms with Gasteiger partial charge in [-0.2, -0.15) is 0 Å². The summed E-state index contributed by atoms with van der Waals surface area (Å²) in [5.74, 6) is 5.38. The van der Waals surface area contributed by atoms with Crippen molar-refractivity contribution in [1.82, 2.24) is 4.90 Å². The van der Waals surface area contributed by atoms with Gasteiger partial charge < -0.3 is 10.5 Å². The quantitative estimate of drug-likeness (QED) is 0.867. The zero-order valence-corrected chi connectivity index (χ0v) is 12.8. The van der Waals surface area contributed by atoms with Crippen molar-refractivity contribution in [1.29, 1.82) is 0 Å². The Labute approximate surface area is 126 Å². The van der Waals surface area contributed by atoms with Crippen LogP contribution in [0.25, 0.3) is 0 Å². The first-order valence-corrected chi connectivity index (χ1v) is 7.31. The molecule has 0 saturated carbocycles. The fourth-order valence-electron chi connectivity index (χ4n) is 2.76. The van der Waals surface area contributed by atoms with Gasteiger partial charge in [0.1, 0.15) is 5.82 Å². The molecule has 1 atom stereocenters. The van der Waals surface area contributed by atoms with Gasteiger partial charge >= 0.3 is 0 Å². The third-order valence-corrected chi connectivity index (χ3v) is 4.01. The molecule has 1 aromatic carbocycles. The largest absolute Gasteiger partial charge is 0.377 e. The monoisotopic (exact) mass is 290 g/mol. The lowest BCUT2D eigenvalue weighted by Crippen LogP contribution is -2.46. The van der Waals surface area contributed by atoms with Gasteiger partial charge in [0.15, 0.2) is 0 Å². The van der Waals surface area contributed by atoms with Crippen molar-refractivity contribution in [3.05, 3.63) is 35.1 Å². The van der Waals surface area contributed by atoms with Crippen molar-refractivity contribution >= 4 is 0 Å². The summed E-state index contributed by atoms with van der Waals surface area (Å²) in [5.41, 5.74) is 6.57. The molecule has 0 aromatic heterocycles. The van der Waals surface area contributed by atoms with E-state index in [1.807, 2.05) is 12.1 Å². The molecule has 0 amide bonds. The highest BCUT2D eigenvalue weighted by molar-refractivity contribution is 5.37. The first-order chi connectivity index (χ1) is 10.1. The van der Waals surface area contributed by atoms with E-state index >= 15 is 0 Å². The highest BCUT2D eigenvalue weighted by Crippen LogP contribution is 2.25. The molecule has 1 unspecified atom stereocenters. The Hall–Kier alpha value is -1.41. The summed E-state index contributed by atoms with van der Waals surface area (Å²) < 4.78 is 19.7. The first-order valence-electron chi connectivity index (χ1n) is 7.31. The number of benzene rings is 1. The van der Waals surface area contributed by atoms with Crippen LogP contribution in [-0.2, 0) is 11.3 Å². The number of likely N-dealkylation sites (tertiary alicyclic amines) is 1. The second kappa shape index (κ2) is 7.04. The molecular formula is C17H23FN2O. The molecule has 1 saturated heterocycles. The second-order valence-corrected chi connectivity index (χ2v) is 5.78. The average molecular weight is 290 g/mol. The standard InChI is InChI=1S/C17H23FN2O/c1-17(21-2)8-4-10-20(13-17)12-15-7-6-14(5-3-9-19)11-16(15)18/h6-7,11H,4,8-10,12-13,19H2,1-2H3. The summed E-state index contributed by atoms with van der Waals surface area (Å²) in [7, 11) is 1.75. The maximum absolute atomic E-state index is 14.1. The lowest BCUT2D eigenvalue weighted by molar-refractivity contribution is -0.0528. The van der Waals surface area contributed by atoms with Gasteiger partial charge in [0.05, 0.1) is 12.1 Å². The molecule has 0 radical (unpaired) electrons. The first kappa shape index (κ1) is 16.0. The van der Waals surface area contributed by atoms with Gasteiger partial charge in [0.25, 0.3) is 0 Å². The predicted octanol–water partition coefficient (Wildman–Crippen LogP) is 2.14. The lowest BCUT2D eigenvalue weighted by atomic mass is 9.94. The number of halogens is 1. The van der Waals surface area contributed by atoms with E-state index in [2.05, 4.69) is 23.7 Å². The number of rotatable bonds is 3. The Kier molecular flexibility index (Phi) is 5.35. The van der Waals surface area contributed by atoms with Gasteiger partial charge in [-0.25, -0.2) is 4.39 Å². The van der Waals surface area contributed by atoms with Crippen molar-refractivity contribution in [2.75, 3.05) is 26.7 Å². The number of piperidine rings is 1. The molecule has 1 aliphatic heterocycles. The van der Waals surface area contributed by atoms with E-state index in [0.717, 1.165) is 25.9 Å². The number of nitrogens with two attached hydrogens (primary N) is 1. The number of hydrogen-bond acceptors (Lipinski definition) is 3. The van der Waals surface area contributed by atoms with Crippen LogP contribution in [-0.4, -0.2) is 37.2 Å². The molecule has 1 aliphatic rings. The van der Waals surface area contributed by atoms with E-state index in [4.69, 9.17) is 10.5 Å². The molecule has 3 nitrogen and oxygen atoms in total. The Bertz CT molecular complexity index is 549. The molecule has 0 spiro atoms. The molecule has 4 heteroatoms. The van der Waals surface area contributed by atoms with Gasteiger partial charge in [-0.05, 0) is 38.4 Å². The van der Waals surface area contributed by atoms with E-state index < -0.39 is 0 Å². The van der Waals surface area contributed by atoms with Gasteiger partial charge in [-0.3, -0.25) is 4.90 Å². The van der Waals surface area contributed by atoms with Crippen LogP contribution in [0.4, 0.5) is 4.39 Å². The van der Waals surface area contributed by atoms with Crippen LogP contribution >= 0.6 is 0 Å². The smallest absolute Gasteiger partial charge is 0.128 e. The van der Waals surface area contributed by atoms with Crippen molar-refractivity contribution in [3.8, 4) is 11.8 Å². The van der Waals surface area contributed by atoms with Gasteiger partial charge in [0, 0.05) is 31.3 Å². The molecule has 21 heavy (non-hydrogen) atoms.